The van der Waals surface area contributed by atoms with E-state index in [-0.39, 0.29) is 11.6 Å². The molecule has 0 unspecified atom stereocenters. The van der Waals surface area contributed by atoms with Crippen molar-refractivity contribution in [3.05, 3.63) is 40.8 Å². The third-order valence-corrected chi connectivity index (χ3v) is 3.46. The number of hydrogen-bond donors (Lipinski definition) is 2. The van der Waals surface area contributed by atoms with Crippen LogP contribution in [0.3, 0.4) is 0 Å². The summed E-state index contributed by atoms with van der Waals surface area (Å²) in [6.07, 6.45) is 1.30. The van der Waals surface area contributed by atoms with Gasteiger partial charge in [0.1, 0.15) is 22.5 Å². The molecule has 0 aliphatic heterocycles. The number of aromatic nitrogens is 2. The molecule has 0 atom stereocenters. The van der Waals surface area contributed by atoms with Crippen LogP contribution in [-0.2, 0) is 0 Å². The number of hydrazine groups is 1. The summed E-state index contributed by atoms with van der Waals surface area (Å²) < 4.78 is 11.6. The average molecular weight is 346 g/mol. The minimum Gasteiger partial charge on any atom is -0.442 e. The van der Waals surface area contributed by atoms with E-state index in [1.807, 2.05) is 18.2 Å². The standard InChI is InChI=1S/C13H8BrN5O2/c14-10-12(19-16)17-6-18-13(10)21-11-7-3-1-2-4-8(7)20-9(11)5-15/h1-4,6H,16H2,(H,17,18,19). The van der Waals surface area contributed by atoms with E-state index in [1.54, 1.807) is 12.1 Å². The number of halogens is 1. The van der Waals surface area contributed by atoms with Gasteiger partial charge in [-0.3, -0.25) is 0 Å². The number of anilines is 1. The van der Waals surface area contributed by atoms with E-state index >= 15 is 0 Å². The van der Waals surface area contributed by atoms with Gasteiger partial charge in [0, 0.05) is 0 Å². The highest BCUT2D eigenvalue weighted by Crippen LogP contribution is 2.38. The summed E-state index contributed by atoms with van der Waals surface area (Å²) in [7, 11) is 0. The Morgan fingerprint density at radius 2 is 2.14 bits per heavy atom. The molecule has 0 fully saturated rings. The number of hydrogen-bond acceptors (Lipinski definition) is 7. The van der Waals surface area contributed by atoms with Crippen LogP contribution in [0.1, 0.15) is 5.76 Å². The van der Waals surface area contributed by atoms with E-state index in [0.29, 0.717) is 27.0 Å². The lowest BCUT2D eigenvalue weighted by Crippen LogP contribution is -2.09. The second-order valence-electron chi connectivity index (χ2n) is 3.96. The Hall–Kier alpha value is -2.63. The Balaban J connectivity index is 2.12. The quantitative estimate of drug-likeness (QED) is 0.554. The average Bonchev–Trinajstić information content (AvgIpc) is 2.87. The lowest BCUT2D eigenvalue weighted by atomic mass is 10.2. The number of nitrogen functional groups attached to an aromatic ring is 1. The third-order valence-electron chi connectivity index (χ3n) is 2.74. The zero-order valence-corrected chi connectivity index (χ0v) is 12.1. The minimum atomic E-state index is 0.0731. The highest BCUT2D eigenvalue weighted by Gasteiger charge is 2.19. The van der Waals surface area contributed by atoms with Crippen LogP contribution >= 0.6 is 15.9 Å². The zero-order chi connectivity index (χ0) is 14.8. The number of ether oxygens (including phenoxy) is 1. The zero-order valence-electron chi connectivity index (χ0n) is 10.5. The van der Waals surface area contributed by atoms with E-state index in [1.165, 1.54) is 6.33 Å². The lowest BCUT2D eigenvalue weighted by molar-refractivity contribution is 0.446. The molecule has 2 aromatic heterocycles. The molecule has 0 saturated heterocycles. The van der Waals surface area contributed by atoms with Gasteiger partial charge in [-0.2, -0.15) is 5.26 Å². The first kappa shape index (κ1) is 13.4. The molecule has 3 N–H and O–H groups in total. The molecule has 7 nitrogen and oxygen atoms in total. The SMILES string of the molecule is N#Cc1oc2ccccc2c1Oc1ncnc(NN)c1Br. The smallest absolute Gasteiger partial charge is 0.247 e. The van der Waals surface area contributed by atoms with E-state index in [4.69, 9.17) is 20.3 Å². The normalized spacial score (nSPS) is 10.3. The molecule has 8 heteroatoms. The Kier molecular flexibility index (Phi) is 3.43. The topological polar surface area (TPSA) is 110 Å². The van der Waals surface area contributed by atoms with Crippen molar-refractivity contribution < 1.29 is 9.15 Å². The van der Waals surface area contributed by atoms with E-state index < -0.39 is 0 Å². The fraction of sp³-hybridized carbons (Fsp3) is 0. The van der Waals surface area contributed by atoms with Gasteiger partial charge >= 0.3 is 0 Å². The number of nitrogens with two attached hydrogens (primary N) is 1. The molecule has 3 rings (SSSR count). The van der Waals surface area contributed by atoms with Gasteiger partial charge in [0.15, 0.2) is 11.6 Å². The van der Waals surface area contributed by atoms with Crippen LogP contribution in [0.4, 0.5) is 5.82 Å². The molecule has 0 spiro atoms. The molecule has 0 radical (unpaired) electrons. The summed E-state index contributed by atoms with van der Waals surface area (Å²) in [5.74, 6) is 6.31. The van der Waals surface area contributed by atoms with Crippen molar-refractivity contribution >= 4 is 32.7 Å². The largest absolute Gasteiger partial charge is 0.442 e. The Labute approximate surface area is 127 Å². The van der Waals surface area contributed by atoms with Gasteiger partial charge in [0.2, 0.25) is 11.6 Å². The van der Waals surface area contributed by atoms with E-state index in [0.717, 1.165) is 0 Å². The van der Waals surface area contributed by atoms with Crippen molar-refractivity contribution in [1.29, 1.82) is 5.26 Å². The number of nitriles is 1. The van der Waals surface area contributed by atoms with Crippen molar-refractivity contribution in [3.8, 4) is 17.7 Å². The Morgan fingerprint density at radius 3 is 2.90 bits per heavy atom. The molecule has 104 valence electrons. The Bertz CT molecular complexity index is 855. The maximum Gasteiger partial charge on any atom is 0.247 e. The number of nitrogens with zero attached hydrogens (tertiary/aromatic N) is 3. The fourth-order valence-corrected chi connectivity index (χ4v) is 2.22. The lowest BCUT2D eigenvalue weighted by Gasteiger charge is -2.07. The molecule has 2 heterocycles. The van der Waals surface area contributed by atoms with Crippen LogP contribution in [0.5, 0.6) is 11.6 Å². The van der Waals surface area contributed by atoms with Crippen molar-refractivity contribution in [2.45, 2.75) is 0 Å². The summed E-state index contributed by atoms with van der Waals surface area (Å²) in [6, 6.07) is 9.16. The molecule has 0 saturated carbocycles. The van der Waals surface area contributed by atoms with Gasteiger partial charge in [-0.05, 0) is 28.1 Å². The van der Waals surface area contributed by atoms with Crippen LogP contribution < -0.4 is 16.0 Å². The van der Waals surface area contributed by atoms with E-state index in [9.17, 15) is 0 Å². The third kappa shape index (κ3) is 2.29. The molecule has 3 aromatic rings. The maximum absolute atomic E-state index is 9.17. The molecular weight excluding hydrogens is 338 g/mol. The maximum atomic E-state index is 9.17. The number of nitrogens with one attached hydrogen (secondary N) is 1. The van der Waals surface area contributed by atoms with Crippen molar-refractivity contribution in [1.82, 2.24) is 9.97 Å². The number of fused-ring (bicyclic) bond motifs is 1. The van der Waals surface area contributed by atoms with Gasteiger partial charge in [-0.1, -0.05) is 12.1 Å². The first-order valence-corrected chi connectivity index (χ1v) is 6.60. The number of rotatable bonds is 3. The molecule has 21 heavy (non-hydrogen) atoms. The first-order chi connectivity index (χ1) is 10.2. The monoisotopic (exact) mass is 345 g/mol. The van der Waals surface area contributed by atoms with Gasteiger partial charge in [-0.25, -0.2) is 15.8 Å². The van der Waals surface area contributed by atoms with Gasteiger partial charge < -0.3 is 14.6 Å². The number of para-hydroxylation sites is 1. The summed E-state index contributed by atoms with van der Waals surface area (Å²) in [4.78, 5) is 7.95. The number of furan rings is 1. The molecule has 0 amide bonds. The summed E-state index contributed by atoms with van der Waals surface area (Å²) in [5, 5.41) is 9.85. The number of benzene rings is 1. The van der Waals surface area contributed by atoms with Crippen LogP contribution in [-0.4, -0.2) is 9.97 Å². The second kappa shape index (κ2) is 5.40. The van der Waals surface area contributed by atoms with Crippen LogP contribution in [0.2, 0.25) is 0 Å². The van der Waals surface area contributed by atoms with Crippen molar-refractivity contribution in [2.24, 2.45) is 5.84 Å². The van der Waals surface area contributed by atoms with E-state index in [2.05, 4.69) is 31.3 Å². The predicted octanol–water partition coefficient (Wildman–Crippen LogP) is 2.93. The minimum absolute atomic E-state index is 0.0731. The molecule has 0 aliphatic rings. The van der Waals surface area contributed by atoms with Gasteiger partial charge in [-0.15, -0.1) is 0 Å². The van der Waals surface area contributed by atoms with Crippen LogP contribution in [0.25, 0.3) is 11.0 Å². The van der Waals surface area contributed by atoms with Crippen LogP contribution in [0, 0.1) is 11.3 Å². The first-order valence-electron chi connectivity index (χ1n) is 5.81. The summed E-state index contributed by atoms with van der Waals surface area (Å²) in [6.45, 7) is 0. The molecule has 0 aliphatic carbocycles. The van der Waals surface area contributed by atoms with Crippen molar-refractivity contribution in [2.75, 3.05) is 5.43 Å². The van der Waals surface area contributed by atoms with Gasteiger partial charge in [0.25, 0.3) is 0 Å². The Morgan fingerprint density at radius 1 is 1.33 bits per heavy atom. The van der Waals surface area contributed by atoms with Gasteiger partial charge in [0.05, 0.1) is 5.39 Å². The van der Waals surface area contributed by atoms with Crippen LogP contribution in [0.15, 0.2) is 39.5 Å². The molecule has 0 bridgehead atoms. The van der Waals surface area contributed by atoms with Crippen molar-refractivity contribution in [3.63, 3.8) is 0 Å². The summed E-state index contributed by atoms with van der Waals surface area (Å²) >= 11 is 3.29. The summed E-state index contributed by atoms with van der Waals surface area (Å²) in [5.41, 5.74) is 2.98. The predicted molar refractivity (Wildman–Crippen MR) is 78.5 cm³/mol. The highest BCUT2D eigenvalue weighted by atomic mass is 79.9. The molecule has 1 aromatic carbocycles. The molecular formula is C13H8BrN5O2. The second-order valence-corrected chi connectivity index (χ2v) is 4.75. The fourth-order valence-electron chi connectivity index (χ4n) is 1.82. The highest BCUT2D eigenvalue weighted by molar-refractivity contribution is 9.10.